The van der Waals surface area contributed by atoms with E-state index in [9.17, 15) is 14.4 Å². The zero-order valence-corrected chi connectivity index (χ0v) is 21.7. The predicted octanol–water partition coefficient (Wildman–Crippen LogP) is 4.82. The molecule has 5 atom stereocenters. The van der Waals surface area contributed by atoms with Gasteiger partial charge in [0.25, 0.3) is 5.56 Å². The molecular formula is C28H36N2O6. The van der Waals surface area contributed by atoms with Gasteiger partial charge in [0.05, 0.1) is 7.11 Å². The van der Waals surface area contributed by atoms with Crippen LogP contribution in [0.5, 0.6) is 5.75 Å². The zero-order chi connectivity index (χ0) is 26.0. The first kappa shape index (κ1) is 25.9. The van der Waals surface area contributed by atoms with Crippen LogP contribution in [-0.2, 0) is 9.53 Å². The van der Waals surface area contributed by atoms with Crippen molar-refractivity contribution < 1.29 is 18.7 Å². The van der Waals surface area contributed by atoms with Crippen LogP contribution in [0.25, 0.3) is 11.1 Å². The lowest BCUT2D eigenvalue weighted by Crippen LogP contribution is -2.42. The normalized spacial score (nSPS) is 23.1. The fourth-order valence-corrected chi connectivity index (χ4v) is 6.00. The van der Waals surface area contributed by atoms with E-state index in [-0.39, 0.29) is 34.8 Å². The number of pyridine rings is 1. The molecule has 2 aromatic rings. The number of carbonyl (C=O) groups excluding carboxylic acids is 1. The van der Waals surface area contributed by atoms with E-state index in [0.717, 1.165) is 17.4 Å². The number of hydrogen-bond acceptors (Lipinski definition) is 7. The van der Waals surface area contributed by atoms with Gasteiger partial charge in [-0.05, 0) is 38.5 Å². The number of ether oxygens (including phenoxy) is 2. The second-order valence-electron chi connectivity index (χ2n) is 10.2. The number of nitrogens with zero attached hydrogens (tertiary/aromatic N) is 2. The topological polar surface area (TPSA) is 101 Å². The largest absolute Gasteiger partial charge is 0.493 e. The maximum absolute atomic E-state index is 13.3. The summed E-state index contributed by atoms with van der Waals surface area (Å²) in [5, 5.41) is 0. The van der Waals surface area contributed by atoms with Gasteiger partial charge in [-0.3, -0.25) is 4.79 Å². The van der Waals surface area contributed by atoms with E-state index in [4.69, 9.17) is 13.9 Å². The Balaban J connectivity index is 1.61. The third-order valence-electron chi connectivity index (χ3n) is 7.82. The smallest absolute Gasteiger partial charge is 0.423 e. The second-order valence-corrected chi connectivity index (χ2v) is 10.2. The van der Waals surface area contributed by atoms with Gasteiger partial charge in [0, 0.05) is 18.2 Å². The highest BCUT2D eigenvalue weighted by Crippen LogP contribution is 2.42. The van der Waals surface area contributed by atoms with E-state index in [1.165, 1.54) is 51.1 Å². The molecule has 2 unspecified atom stereocenters. The maximum atomic E-state index is 13.3. The van der Waals surface area contributed by atoms with Gasteiger partial charge >= 0.3 is 11.7 Å². The van der Waals surface area contributed by atoms with Gasteiger partial charge < -0.3 is 13.9 Å². The van der Waals surface area contributed by atoms with Crippen molar-refractivity contribution in [2.75, 3.05) is 7.11 Å². The average molecular weight is 497 g/mol. The van der Waals surface area contributed by atoms with Gasteiger partial charge in [-0.1, -0.05) is 62.8 Å². The van der Waals surface area contributed by atoms with E-state index in [2.05, 4.69) is 37.1 Å². The highest BCUT2D eigenvalue weighted by atomic mass is 16.5. The molecule has 1 fully saturated rings. The van der Waals surface area contributed by atoms with Crippen LogP contribution in [0.4, 0.5) is 0 Å². The van der Waals surface area contributed by atoms with E-state index < -0.39 is 23.3 Å². The average Bonchev–Trinajstić information content (AvgIpc) is 2.85. The van der Waals surface area contributed by atoms with Crippen LogP contribution in [0.1, 0.15) is 65.8 Å². The van der Waals surface area contributed by atoms with Gasteiger partial charge in [-0.25, -0.2) is 19.1 Å². The Hall–Kier alpha value is -3.16. The highest BCUT2D eigenvalue weighted by Gasteiger charge is 2.39. The number of carbonyl (C=O) groups is 1. The lowest BCUT2D eigenvalue weighted by atomic mass is 9.67. The molecule has 0 bridgehead atoms. The molecule has 0 N–H and O–H groups in total. The number of esters is 1. The summed E-state index contributed by atoms with van der Waals surface area (Å²) < 4.78 is 17.3. The minimum atomic E-state index is -1.16. The summed E-state index contributed by atoms with van der Waals surface area (Å²) in [4.78, 5) is 43.2. The zero-order valence-electron chi connectivity index (χ0n) is 21.7. The molecular weight excluding hydrogens is 460 g/mol. The highest BCUT2D eigenvalue weighted by molar-refractivity contribution is 5.78. The van der Waals surface area contributed by atoms with Crippen molar-refractivity contribution >= 4 is 17.1 Å². The van der Waals surface area contributed by atoms with Crippen LogP contribution in [0.3, 0.4) is 0 Å². The third-order valence-corrected chi connectivity index (χ3v) is 7.82. The fraction of sp³-hybridized carbons (Fsp3) is 0.571. The summed E-state index contributed by atoms with van der Waals surface area (Å²) in [6.45, 7) is 7.73. The van der Waals surface area contributed by atoms with Crippen molar-refractivity contribution in [1.29, 1.82) is 0 Å². The molecule has 2 aliphatic carbocycles. The van der Waals surface area contributed by atoms with Gasteiger partial charge in [-0.2, -0.15) is 0 Å². The molecule has 2 aliphatic rings. The van der Waals surface area contributed by atoms with Crippen LogP contribution in [0.2, 0.25) is 0 Å². The number of methoxy groups -OCH3 is 1. The first-order chi connectivity index (χ1) is 17.2. The molecule has 0 spiro atoms. The molecule has 1 saturated carbocycles. The quantitative estimate of drug-likeness (QED) is 0.507. The second kappa shape index (κ2) is 10.8. The van der Waals surface area contributed by atoms with E-state index in [1.54, 1.807) is 0 Å². The van der Waals surface area contributed by atoms with Crippen LogP contribution < -0.4 is 16.1 Å². The molecule has 4 rings (SSSR count). The lowest BCUT2D eigenvalue weighted by Gasteiger charge is -2.41. The fourth-order valence-electron chi connectivity index (χ4n) is 6.00. The van der Waals surface area contributed by atoms with E-state index in [0.29, 0.717) is 11.8 Å². The number of aromatic nitrogens is 2. The number of fused-ring (bicyclic) bond motifs is 1. The molecule has 0 radical (unpaired) electrons. The van der Waals surface area contributed by atoms with Crippen molar-refractivity contribution in [2.45, 2.75) is 71.9 Å². The van der Waals surface area contributed by atoms with Gasteiger partial charge in [0.1, 0.15) is 12.1 Å². The van der Waals surface area contributed by atoms with Crippen LogP contribution in [-0.4, -0.2) is 28.7 Å². The molecule has 8 heteroatoms. The lowest BCUT2D eigenvalue weighted by molar-refractivity contribution is -0.157. The van der Waals surface area contributed by atoms with Crippen LogP contribution in [0.15, 0.2) is 50.1 Å². The van der Waals surface area contributed by atoms with Gasteiger partial charge in [-0.15, -0.1) is 0 Å². The number of rotatable bonds is 7. The minimum absolute atomic E-state index is 0.0426. The third kappa shape index (κ3) is 5.04. The minimum Gasteiger partial charge on any atom is -0.493 e. The Kier molecular flexibility index (Phi) is 7.81. The molecule has 194 valence electrons. The Morgan fingerprint density at radius 2 is 1.92 bits per heavy atom. The molecule has 0 saturated heterocycles. The standard InChI is InChI=1S/C28H36N2O6/c1-16-11-12-21(17(2)15-16)23(20-9-7-6-8-10-20)19(4)35-27(32)18(3)30-26(31)24-25(36-28(30)33)22(34-5)13-14-29-24/h11-15,17-21,23H,6-10H2,1-5H3/t17?,18-,19-,21?,23+/m0/s1. The van der Waals surface area contributed by atoms with E-state index in [1.807, 2.05) is 6.92 Å². The first-order valence-corrected chi connectivity index (χ1v) is 12.9. The molecule has 0 amide bonds. The summed E-state index contributed by atoms with van der Waals surface area (Å²) in [6, 6.07) is 0.332. The Morgan fingerprint density at radius 1 is 1.19 bits per heavy atom. The van der Waals surface area contributed by atoms with Crippen LogP contribution in [0, 0.1) is 23.7 Å². The number of allylic oxidation sites excluding steroid dienone is 4. The maximum Gasteiger partial charge on any atom is 0.423 e. The monoisotopic (exact) mass is 496 g/mol. The summed E-state index contributed by atoms with van der Waals surface area (Å²) in [7, 11) is 1.41. The van der Waals surface area contributed by atoms with Crippen molar-refractivity contribution in [3.8, 4) is 5.75 Å². The Morgan fingerprint density at radius 3 is 2.58 bits per heavy atom. The SMILES string of the molecule is COc1ccnc2c(=O)n([C@@H](C)C(=O)O[C@@H](C)[C@H](C3CCCCC3)C3C=CC(C)=CC3C)c(=O)oc12. The number of hydrogen-bond donors (Lipinski definition) is 0. The Bertz CT molecular complexity index is 1280. The molecule has 0 aromatic carbocycles. The molecule has 36 heavy (non-hydrogen) atoms. The summed E-state index contributed by atoms with van der Waals surface area (Å²) in [6.07, 6.45) is 13.5. The molecule has 2 heterocycles. The summed E-state index contributed by atoms with van der Waals surface area (Å²) in [5.41, 5.74) is 0.404. The van der Waals surface area contributed by atoms with E-state index >= 15 is 0 Å². The van der Waals surface area contributed by atoms with Crippen molar-refractivity contribution in [3.63, 3.8) is 0 Å². The first-order valence-electron chi connectivity index (χ1n) is 12.9. The van der Waals surface area contributed by atoms with Crippen molar-refractivity contribution in [1.82, 2.24) is 9.55 Å². The van der Waals surface area contributed by atoms with Crippen molar-refractivity contribution in [3.05, 3.63) is 57.0 Å². The summed E-state index contributed by atoms with van der Waals surface area (Å²) >= 11 is 0. The summed E-state index contributed by atoms with van der Waals surface area (Å²) in [5.74, 6) is -0.196. The Labute approximate surface area is 211 Å². The molecule has 0 aliphatic heterocycles. The molecule has 2 aromatic heterocycles. The predicted molar refractivity (Wildman–Crippen MR) is 137 cm³/mol. The molecule has 8 nitrogen and oxygen atoms in total. The van der Waals surface area contributed by atoms with Gasteiger partial charge in [0.2, 0.25) is 5.58 Å². The van der Waals surface area contributed by atoms with Crippen molar-refractivity contribution in [2.24, 2.45) is 23.7 Å². The van der Waals surface area contributed by atoms with Crippen LogP contribution >= 0.6 is 0 Å². The van der Waals surface area contributed by atoms with Gasteiger partial charge in [0.15, 0.2) is 11.3 Å².